The van der Waals surface area contributed by atoms with Gasteiger partial charge in [-0.25, -0.2) is 4.39 Å². The maximum absolute atomic E-state index is 12.9. The van der Waals surface area contributed by atoms with Crippen LogP contribution in [0.2, 0.25) is 5.02 Å². The van der Waals surface area contributed by atoms with Crippen molar-refractivity contribution >= 4 is 17.4 Å². The molecule has 0 aliphatic carbocycles. The average Bonchev–Trinajstić information content (AvgIpc) is 2.47. The molecule has 0 saturated heterocycles. The SMILES string of the molecule is CC(c1cccc(Cl)c1)N(C)CC(=O)c1ccc(F)cc1. The molecule has 0 spiro atoms. The van der Waals surface area contributed by atoms with Gasteiger partial charge in [0.05, 0.1) is 6.54 Å². The van der Waals surface area contributed by atoms with E-state index in [1.165, 1.54) is 24.3 Å². The number of hydrogen-bond acceptors (Lipinski definition) is 2. The number of likely N-dealkylation sites (N-methyl/N-ethyl adjacent to an activating group) is 1. The van der Waals surface area contributed by atoms with Gasteiger partial charge in [0.15, 0.2) is 5.78 Å². The fraction of sp³-hybridized carbons (Fsp3) is 0.235. The molecule has 0 aliphatic heterocycles. The van der Waals surface area contributed by atoms with E-state index < -0.39 is 0 Å². The van der Waals surface area contributed by atoms with Gasteiger partial charge in [-0.05, 0) is 55.9 Å². The molecule has 0 fully saturated rings. The molecule has 2 nitrogen and oxygen atoms in total. The minimum absolute atomic E-state index is 0.0358. The van der Waals surface area contributed by atoms with E-state index in [4.69, 9.17) is 11.6 Å². The third-order valence-corrected chi connectivity index (χ3v) is 3.79. The van der Waals surface area contributed by atoms with Crippen molar-refractivity contribution in [1.29, 1.82) is 0 Å². The van der Waals surface area contributed by atoms with E-state index in [0.29, 0.717) is 10.6 Å². The first-order valence-electron chi connectivity index (χ1n) is 6.72. The quantitative estimate of drug-likeness (QED) is 0.765. The van der Waals surface area contributed by atoms with Crippen LogP contribution in [0.5, 0.6) is 0 Å². The van der Waals surface area contributed by atoms with Gasteiger partial charge in [-0.3, -0.25) is 9.69 Å². The molecule has 21 heavy (non-hydrogen) atoms. The van der Waals surface area contributed by atoms with E-state index in [2.05, 4.69) is 0 Å². The summed E-state index contributed by atoms with van der Waals surface area (Å²) in [6, 6.07) is 13.3. The van der Waals surface area contributed by atoms with Gasteiger partial charge >= 0.3 is 0 Å². The number of carbonyl (C=O) groups excluding carboxylic acids is 1. The molecule has 2 rings (SSSR count). The van der Waals surface area contributed by atoms with Gasteiger partial charge in [0, 0.05) is 16.6 Å². The molecule has 1 unspecified atom stereocenters. The molecule has 2 aromatic carbocycles. The number of rotatable bonds is 5. The molecule has 0 heterocycles. The molecular weight excluding hydrogens is 289 g/mol. The fourth-order valence-corrected chi connectivity index (χ4v) is 2.31. The molecule has 4 heteroatoms. The fourth-order valence-electron chi connectivity index (χ4n) is 2.11. The Hall–Kier alpha value is -1.71. The number of nitrogens with zero attached hydrogens (tertiary/aromatic N) is 1. The molecule has 0 radical (unpaired) electrons. The molecule has 110 valence electrons. The van der Waals surface area contributed by atoms with E-state index in [1.54, 1.807) is 0 Å². The predicted octanol–water partition coefficient (Wildman–Crippen LogP) is 4.35. The molecule has 2 aromatic rings. The minimum Gasteiger partial charge on any atom is -0.293 e. The van der Waals surface area contributed by atoms with Crippen LogP contribution >= 0.6 is 11.6 Å². The third kappa shape index (κ3) is 4.13. The van der Waals surface area contributed by atoms with Crippen LogP contribution < -0.4 is 0 Å². The van der Waals surface area contributed by atoms with E-state index in [9.17, 15) is 9.18 Å². The van der Waals surface area contributed by atoms with Crippen LogP contribution in [-0.4, -0.2) is 24.3 Å². The number of hydrogen-bond donors (Lipinski definition) is 0. The summed E-state index contributed by atoms with van der Waals surface area (Å²) in [5, 5.41) is 0.678. The second kappa shape index (κ2) is 6.83. The Morgan fingerprint density at radius 2 is 1.90 bits per heavy atom. The lowest BCUT2D eigenvalue weighted by molar-refractivity contribution is 0.0925. The summed E-state index contributed by atoms with van der Waals surface area (Å²) in [4.78, 5) is 14.1. The van der Waals surface area contributed by atoms with E-state index in [-0.39, 0.29) is 24.2 Å². The van der Waals surface area contributed by atoms with Crippen molar-refractivity contribution in [3.05, 3.63) is 70.5 Å². The predicted molar refractivity (Wildman–Crippen MR) is 83.2 cm³/mol. The zero-order valence-electron chi connectivity index (χ0n) is 12.0. The lowest BCUT2D eigenvalue weighted by Gasteiger charge is -2.24. The third-order valence-electron chi connectivity index (χ3n) is 3.55. The normalized spacial score (nSPS) is 12.4. The highest BCUT2D eigenvalue weighted by molar-refractivity contribution is 6.30. The molecule has 0 amide bonds. The molecule has 0 aromatic heterocycles. The second-order valence-corrected chi connectivity index (χ2v) is 5.51. The zero-order valence-corrected chi connectivity index (χ0v) is 12.8. The highest BCUT2D eigenvalue weighted by atomic mass is 35.5. The van der Waals surface area contributed by atoms with Gasteiger partial charge in [-0.2, -0.15) is 0 Å². The summed E-state index contributed by atoms with van der Waals surface area (Å²) in [7, 11) is 1.88. The van der Waals surface area contributed by atoms with Crippen molar-refractivity contribution < 1.29 is 9.18 Å². The standard InChI is InChI=1S/C17H17ClFNO/c1-12(14-4-3-5-15(18)10-14)20(2)11-17(21)13-6-8-16(19)9-7-13/h3-10,12H,11H2,1-2H3. The Morgan fingerprint density at radius 3 is 2.52 bits per heavy atom. The van der Waals surface area contributed by atoms with Crippen LogP contribution in [0, 0.1) is 5.82 Å². The van der Waals surface area contributed by atoms with Gasteiger partial charge < -0.3 is 0 Å². The lowest BCUT2D eigenvalue weighted by Crippen LogP contribution is -2.28. The van der Waals surface area contributed by atoms with Crippen LogP contribution in [0.1, 0.15) is 28.9 Å². The maximum Gasteiger partial charge on any atom is 0.176 e. The number of carbonyl (C=O) groups is 1. The van der Waals surface area contributed by atoms with Crippen molar-refractivity contribution in [2.45, 2.75) is 13.0 Å². The smallest absolute Gasteiger partial charge is 0.176 e. The van der Waals surface area contributed by atoms with E-state index in [1.807, 2.05) is 43.1 Å². The van der Waals surface area contributed by atoms with E-state index >= 15 is 0 Å². The number of benzene rings is 2. The second-order valence-electron chi connectivity index (χ2n) is 5.08. The topological polar surface area (TPSA) is 20.3 Å². The van der Waals surface area contributed by atoms with Crippen LogP contribution in [-0.2, 0) is 0 Å². The molecule has 0 N–H and O–H groups in total. The number of halogens is 2. The molecular formula is C17H17ClFNO. The van der Waals surface area contributed by atoms with Gasteiger partial charge in [0.25, 0.3) is 0 Å². The molecule has 0 saturated carbocycles. The van der Waals surface area contributed by atoms with Crippen molar-refractivity contribution in [2.24, 2.45) is 0 Å². The van der Waals surface area contributed by atoms with Gasteiger partial charge in [-0.1, -0.05) is 23.7 Å². The van der Waals surface area contributed by atoms with Crippen molar-refractivity contribution in [1.82, 2.24) is 4.90 Å². The summed E-state index contributed by atoms with van der Waals surface area (Å²) in [5.41, 5.74) is 1.57. The van der Waals surface area contributed by atoms with Crippen LogP contribution in [0.4, 0.5) is 4.39 Å². The molecule has 0 aliphatic rings. The van der Waals surface area contributed by atoms with Crippen LogP contribution in [0.3, 0.4) is 0 Å². The van der Waals surface area contributed by atoms with Crippen molar-refractivity contribution in [3.63, 3.8) is 0 Å². The Balaban J connectivity index is 2.05. The first-order chi connectivity index (χ1) is 9.97. The minimum atomic E-state index is -0.341. The zero-order chi connectivity index (χ0) is 15.4. The number of Topliss-reactive ketones (excluding diaryl/α,β-unsaturated/α-hetero) is 1. The monoisotopic (exact) mass is 305 g/mol. The highest BCUT2D eigenvalue weighted by Gasteiger charge is 2.16. The Morgan fingerprint density at radius 1 is 1.24 bits per heavy atom. The summed E-state index contributed by atoms with van der Waals surface area (Å²) >= 11 is 5.99. The molecule has 1 atom stereocenters. The van der Waals surface area contributed by atoms with Crippen molar-refractivity contribution in [3.8, 4) is 0 Å². The largest absolute Gasteiger partial charge is 0.293 e. The van der Waals surface area contributed by atoms with E-state index in [0.717, 1.165) is 5.56 Å². The molecule has 0 bridgehead atoms. The first kappa shape index (κ1) is 15.7. The summed E-state index contributed by atoms with van der Waals surface area (Å²) in [6.45, 7) is 2.28. The first-order valence-corrected chi connectivity index (χ1v) is 7.09. The number of ketones is 1. The van der Waals surface area contributed by atoms with Gasteiger partial charge in [0.2, 0.25) is 0 Å². The lowest BCUT2D eigenvalue weighted by atomic mass is 10.1. The highest BCUT2D eigenvalue weighted by Crippen LogP contribution is 2.22. The Labute approximate surface area is 129 Å². The average molecular weight is 306 g/mol. The summed E-state index contributed by atoms with van der Waals surface area (Å²) in [5.74, 6) is -0.376. The van der Waals surface area contributed by atoms with Crippen molar-refractivity contribution in [2.75, 3.05) is 13.6 Å². The summed E-state index contributed by atoms with van der Waals surface area (Å²) in [6.07, 6.45) is 0. The maximum atomic E-state index is 12.9. The van der Waals surface area contributed by atoms with Crippen LogP contribution in [0.15, 0.2) is 48.5 Å². The Bertz CT molecular complexity index is 627. The summed E-state index contributed by atoms with van der Waals surface area (Å²) < 4.78 is 12.9. The van der Waals surface area contributed by atoms with Gasteiger partial charge in [-0.15, -0.1) is 0 Å². The van der Waals surface area contributed by atoms with Gasteiger partial charge in [0.1, 0.15) is 5.82 Å². The van der Waals surface area contributed by atoms with Crippen LogP contribution in [0.25, 0.3) is 0 Å². The Kier molecular flexibility index (Phi) is 5.10.